The summed E-state index contributed by atoms with van der Waals surface area (Å²) in [6, 6.07) is 4.35. The van der Waals surface area contributed by atoms with Crippen molar-refractivity contribution < 1.29 is 9.13 Å². The summed E-state index contributed by atoms with van der Waals surface area (Å²) >= 11 is 0. The standard InChI is InChI=1S/C11H14FNO/c1-2-3-6-14-11-5-4-10(12)7-9(11)8-13/h2,4-5,7H,1,3,6,8,13H2. The number of ether oxygens (including phenoxy) is 1. The molecule has 3 heteroatoms. The minimum atomic E-state index is -0.290. The summed E-state index contributed by atoms with van der Waals surface area (Å²) in [7, 11) is 0. The van der Waals surface area contributed by atoms with Gasteiger partial charge in [0.1, 0.15) is 11.6 Å². The van der Waals surface area contributed by atoms with Crippen LogP contribution in [0.1, 0.15) is 12.0 Å². The van der Waals surface area contributed by atoms with Gasteiger partial charge >= 0.3 is 0 Å². The van der Waals surface area contributed by atoms with Crippen LogP contribution in [0.2, 0.25) is 0 Å². The molecule has 0 amide bonds. The Morgan fingerprint density at radius 1 is 1.50 bits per heavy atom. The topological polar surface area (TPSA) is 35.2 Å². The van der Waals surface area contributed by atoms with Gasteiger partial charge in [-0.3, -0.25) is 0 Å². The molecule has 0 heterocycles. The van der Waals surface area contributed by atoms with Crippen molar-refractivity contribution in [2.24, 2.45) is 5.73 Å². The molecule has 0 atom stereocenters. The van der Waals surface area contributed by atoms with Crippen molar-refractivity contribution >= 4 is 0 Å². The van der Waals surface area contributed by atoms with Gasteiger partial charge in [0.2, 0.25) is 0 Å². The fraction of sp³-hybridized carbons (Fsp3) is 0.273. The highest BCUT2D eigenvalue weighted by atomic mass is 19.1. The van der Waals surface area contributed by atoms with Crippen LogP contribution in [0.3, 0.4) is 0 Å². The summed E-state index contributed by atoms with van der Waals surface area (Å²) in [5, 5.41) is 0. The third kappa shape index (κ3) is 2.85. The minimum absolute atomic E-state index is 0.279. The van der Waals surface area contributed by atoms with E-state index in [1.54, 1.807) is 12.1 Å². The maximum atomic E-state index is 12.8. The molecule has 14 heavy (non-hydrogen) atoms. The van der Waals surface area contributed by atoms with Gasteiger partial charge in [0.05, 0.1) is 6.61 Å². The van der Waals surface area contributed by atoms with Gasteiger partial charge in [-0.1, -0.05) is 6.08 Å². The second-order valence-corrected chi connectivity index (χ2v) is 2.88. The average molecular weight is 195 g/mol. The van der Waals surface area contributed by atoms with Gasteiger partial charge in [-0.05, 0) is 24.6 Å². The van der Waals surface area contributed by atoms with Crippen LogP contribution in [0.5, 0.6) is 5.75 Å². The Morgan fingerprint density at radius 3 is 2.93 bits per heavy atom. The van der Waals surface area contributed by atoms with E-state index in [-0.39, 0.29) is 12.4 Å². The van der Waals surface area contributed by atoms with E-state index in [0.29, 0.717) is 17.9 Å². The Kier molecular flexibility index (Phi) is 4.13. The van der Waals surface area contributed by atoms with Crippen molar-refractivity contribution in [3.63, 3.8) is 0 Å². The molecule has 0 bridgehead atoms. The molecule has 2 nitrogen and oxygen atoms in total. The van der Waals surface area contributed by atoms with Gasteiger partial charge in [-0.15, -0.1) is 6.58 Å². The zero-order valence-corrected chi connectivity index (χ0v) is 8.00. The first-order valence-electron chi connectivity index (χ1n) is 4.50. The molecule has 1 rings (SSSR count). The Bertz CT molecular complexity index is 312. The maximum absolute atomic E-state index is 12.8. The van der Waals surface area contributed by atoms with Crippen LogP contribution >= 0.6 is 0 Å². The van der Waals surface area contributed by atoms with Gasteiger partial charge in [-0.2, -0.15) is 0 Å². The van der Waals surface area contributed by atoms with Crippen LogP contribution in [0.4, 0.5) is 4.39 Å². The average Bonchev–Trinajstić information content (AvgIpc) is 2.20. The maximum Gasteiger partial charge on any atom is 0.123 e. The van der Waals surface area contributed by atoms with E-state index in [1.807, 2.05) is 0 Å². The smallest absolute Gasteiger partial charge is 0.123 e. The molecule has 0 unspecified atom stereocenters. The van der Waals surface area contributed by atoms with E-state index in [1.165, 1.54) is 12.1 Å². The molecule has 0 aliphatic carbocycles. The lowest BCUT2D eigenvalue weighted by atomic mass is 10.2. The Hall–Kier alpha value is -1.35. The van der Waals surface area contributed by atoms with Gasteiger partial charge in [0.15, 0.2) is 0 Å². The number of benzene rings is 1. The lowest BCUT2D eigenvalue weighted by Crippen LogP contribution is -2.03. The van der Waals surface area contributed by atoms with E-state index in [9.17, 15) is 4.39 Å². The van der Waals surface area contributed by atoms with Crippen molar-refractivity contribution in [3.05, 3.63) is 42.2 Å². The van der Waals surface area contributed by atoms with Crippen molar-refractivity contribution in [2.75, 3.05) is 6.61 Å². The zero-order chi connectivity index (χ0) is 10.4. The summed E-state index contributed by atoms with van der Waals surface area (Å²) in [6.45, 7) is 4.41. The Labute approximate surface area is 83.2 Å². The van der Waals surface area contributed by atoms with Gasteiger partial charge < -0.3 is 10.5 Å². The van der Waals surface area contributed by atoms with Crippen LogP contribution in [-0.2, 0) is 6.54 Å². The van der Waals surface area contributed by atoms with E-state index < -0.39 is 0 Å². The molecule has 2 N–H and O–H groups in total. The molecule has 0 spiro atoms. The predicted molar refractivity (Wildman–Crippen MR) is 54.6 cm³/mol. The van der Waals surface area contributed by atoms with Gasteiger partial charge in [0.25, 0.3) is 0 Å². The number of halogens is 1. The number of hydrogen-bond acceptors (Lipinski definition) is 2. The van der Waals surface area contributed by atoms with Crippen LogP contribution < -0.4 is 10.5 Å². The first-order chi connectivity index (χ1) is 6.77. The molecule has 0 saturated heterocycles. The summed E-state index contributed by atoms with van der Waals surface area (Å²) in [5.74, 6) is 0.359. The monoisotopic (exact) mass is 195 g/mol. The van der Waals surface area contributed by atoms with Crippen LogP contribution in [-0.4, -0.2) is 6.61 Å². The lowest BCUT2D eigenvalue weighted by molar-refractivity contribution is 0.321. The first kappa shape index (κ1) is 10.7. The molecular formula is C11H14FNO. The summed E-state index contributed by atoms with van der Waals surface area (Å²) in [4.78, 5) is 0. The molecule has 1 aromatic carbocycles. The third-order valence-electron chi connectivity index (χ3n) is 1.82. The highest BCUT2D eigenvalue weighted by molar-refractivity contribution is 5.33. The first-order valence-corrected chi connectivity index (χ1v) is 4.50. The fourth-order valence-corrected chi connectivity index (χ4v) is 1.10. The summed E-state index contributed by atoms with van der Waals surface area (Å²) < 4.78 is 18.2. The molecule has 0 aliphatic rings. The third-order valence-corrected chi connectivity index (χ3v) is 1.82. The number of hydrogen-bond donors (Lipinski definition) is 1. The fourth-order valence-electron chi connectivity index (χ4n) is 1.10. The quantitative estimate of drug-likeness (QED) is 0.577. The summed E-state index contributed by atoms with van der Waals surface area (Å²) in [5.41, 5.74) is 6.15. The van der Waals surface area contributed by atoms with E-state index in [4.69, 9.17) is 10.5 Å². The molecule has 1 aromatic rings. The highest BCUT2D eigenvalue weighted by Crippen LogP contribution is 2.19. The van der Waals surface area contributed by atoms with Crippen LogP contribution in [0.25, 0.3) is 0 Å². The largest absolute Gasteiger partial charge is 0.493 e. The molecular weight excluding hydrogens is 181 g/mol. The summed E-state index contributed by atoms with van der Waals surface area (Å²) in [6.07, 6.45) is 2.53. The second kappa shape index (κ2) is 5.40. The normalized spacial score (nSPS) is 9.86. The van der Waals surface area contributed by atoms with Crippen LogP contribution in [0.15, 0.2) is 30.9 Å². The van der Waals surface area contributed by atoms with E-state index in [0.717, 1.165) is 6.42 Å². The molecule has 0 fully saturated rings. The molecule has 76 valence electrons. The number of rotatable bonds is 5. The SMILES string of the molecule is C=CCCOc1ccc(F)cc1CN. The van der Waals surface area contributed by atoms with Crippen molar-refractivity contribution in [1.82, 2.24) is 0 Å². The molecule has 0 radical (unpaired) electrons. The zero-order valence-electron chi connectivity index (χ0n) is 8.00. The Balaban J connectivity index is 2.69. The Morgan fingerprint density at radius 2 is 2.29 bits per heavy atom. The highest BCUT2D eigenvalue weighted by Gasteiger charge is 2.02. The van der Waals surface area contributed by atoms with Crippen LogP contribution in [0, 0.1) is 5.82 Å². The lowest BCUT2D eigenvalue weighted by Gasteiger charge is -2.09. The van der Waals surface area contributed by atoms with Gasteiger partial charge in [0, 0.05) is 12.1 Å². The molecule has 0 aromatic heterocycles. The van der Waals surface area contributed by atoms with Crippen molar-refractivity contribution in [2.45, 2.75) is 13.0 Å². The van der Waals surface area contributed by atoms with Crippen molar-refractivity contribution in [1.29, 1.82) is 0 Å². The minimum Gasteiger partial charge on any atom is -0.493 e. The predicted octanol–water partition coefficient (Wildman–Crippen LogP) is 2.24. The van der Waals surface area contributed by atoms with E-state index in [2.05, 4.69) is 6.58 Å². The van der Waals surface area contributed by atoms with E-state index >= 15 is 0 Å². The van der Waals surface area contributed by atoms with Crippen molar-refractivity contribution in [3.8, 4) is 5.75 Å². The molecule has 0 saturated carbocycles. The number of nitrogens with two attached hydrogens (primary N) is 1. The molecule has 0 aliphatic heterocycles. The second-order valence-electron chi connectivity index (χ2n) is 2.88. The van der Waals surface area contributed by atoms with Gasteiger partial charge in [-0.25, -0.2) is 4.39 Å².